The standard InChI is InChI=1S/C11H19ClN2O/c1-8(6-12)11(15)13-9-4-5-14(7-9)10-2-3-10/h8-10H,2-7H2,1H3,(H,13,15). The second-order valence-electron chi connectivity index (χ2n) is 4.78. The molecule has 2 fully saturated rings. The summed E-state index contributed by atoms with van der Waals surface area (Å²) in [6.07, 6.45) is 3.79. The number of likely N-dealkylation sites (tertiary alicyclic amines) is 1. The van der Waals surface area contributed by atoms with Crippen molar-refractivity contribution in [3.63, 3.8) is 0 Å². The largest absolute Gasteiger partial charge is 0.352 e. The fourth-order valence-corrected chi connectivity index (χ4v) is 2.23. The number of alkyl halides is 1. The normalized spacial score (nSPS) is 29.1. The summed E-state index contributed by atoms with van der Waals surface area (Å²) in [5.41, 5.74) is 0. The molecule has 3 nitrogen and oxygen atoms in total. The smallest absolute Gasteiger partial charge is 0.224 e. The highest BCUT2D eigenvalue weighted by Crippen LogP contribution is 2.29. The maximum atomic E-state index is 11.6. The molecule has 1 saturated heterocycles. The molecule has 1 heterocycles. The third kappa shape index (κ3) is 2.85. The first-order valence-corrected chi connectivity index (χ1v) is 6.34. The molecular weight excluding hydrogens is 212 g/mol. The van der Waals surface area contributed by atoms with Crippen LogP contribution in [0.1, 0.15) is 26.2 Å². The summed E-state index contributed by atoms with van der Waals surface area (Å²) in [5.74, 6) is 0.444. The summed E-state index contributed by atoms with van der Waals surface area (Å²) >= 11 is 5.65. The zero-order valence-electron chi connectivity index (χ0n) is 9.21. The number of halogens is 1. The van der Waals surface area contributed by atoms with E-state index in [9.17, 15) is 4.79 Å². The van der Waals surface area contributed by atoms with Gasteiger partial charge >= 0.3 is 0 Å². The van der Waals surface area contributed by atoms with Crippen molar-refractivity contribution in [3.05, 3.63) is 0 Å². The average Bonchev–Trinajstić information content (AvgIpc) is 2.99. The minimum Gasteiger partial charge on any atom is -0.352 e. The molecule has 0 aromatic carbocycles. The van der Waals surface area contributed by atoms with Crippen molar-refractivity contribution < 1.29 is 4.79 Å². The van der Waals surface area contributed by atoms with E-state index in [-0.39, 0.29) is 11.8 Å². The lowest BCUT2D eigenvalue weighted by Crippen LogP contribution is -2.40. The van der Waals surface area contributed by atoms with Crippen LogP contribution >= 0.6 is 11.6 Å². The Morgan fingerprint density at radius 3 is 2.87 bits per heavy atom. The van der Waals surface area contributed by atoms with E-state index in [1.165, 1.54) is 12.8 Å². The van der Waals surface area contributed by atoms with E-state index in [2.05, 4.69) is 10.2 Å². The van der Waals surface area contributed by atoms with E-state index in [0.717, 1.165) is 25.6 Å². The highest BCUT2D eigenvalue weighted by atomic mass is 35.5. The SMILES string of the molecule is CC(CCl)C(=O)NC1CCN(C2CC2)C1. The predicted molar refractivity (Wildman–Crippen MR) is 61.0 cm³/mol. The van der Waals surface area contributed by atoms with Gasteiger partial charge in [0.1, 0.15) is 0 Å². The van der Waals surface area contributed by atoms with Crippen LogP contribution in [0.3, 0.4) is 0 Å². The third-order valence-electron chi connectivity index (χ3n) is 3.31. The molecule has 1 N–H and O–H groups in total. The fourth-order valence-electron chi connectivity index (χ4n) is 2.09. The minimum atomic E-state index is -0.0679. The average molecular weight is 231 g/mol. The Hall–Kier alpha value is -0.280. The van der Waals surface area contributed by atoms with Crippen LogP contribution in [-0.2, 0) is 4.79 Å². The zero-order chi connectivity index (χ0) is 10.8. The maximum Gasteiger partial charge on any atom is 0.224 e. The van der Waals surface area contributed by atoms with Crippen LogP contribution in [0.5, 0.6) is 0 Å². The Bertz CT molecular complexity index is 243. The Kier molecular flexibility index (Phi) is 3.52. The lowest BCUT2D eigenvalue weighted by atomic mass is 10.2. The van der Waals surface area contributed by atoms with Gasteiger partial charge in [-0.15, -0.1) is 11.6 Å². The summed E-state index contributed by atoms with van der Waals surface area (Å²) < 4.78 is 0. The maximum absolute atomic E-state index is 11.6. The Labute approximate surface area is 96.2 Å². The molecule has 1 saturated carbocycles. The molecule has 0 radical (unpaired) electrons. The molecule has 15 heavy (non-hydrogen) atoms. The second kappa shape index (κ2) is 4.71. The molecule has 2 aliphatic rings. The van der Waals surface area contributed by atoms with Gasteiger partial charge < -0.3 is 5.32 Å². The molecule has 86 valence electrons. The van der Waals surface area contributed by atoms with E-state index in [1.807, 2.05) is 6.92 Å². The van der Waals surface area contributed by atoms with Crippen LogP contribution in [0, 0.1) is 5.92 Å². The molecule has 1 amide bonds. The van der Waals surface area contributed by atoms with Crippen LogP contribution in [0.25, 0.3) is 0 Å². The van der Waals surface area contributed by atoms with Gasteiger partial charge in [0, 0.05) is 37.0 Å². The molecule has 0 aromatic heterocycles. The van der Waals surface area contributed by atoms with Crippen LogP contribution < -0.4 is 5.32 Å². The number of amides is 1. The number of rotatable bonds is 4. The molecule has 4 heteroatoms. The highest BCUT2D eigenvalue weighted by Gasteiger charge is 2.34. The summed E-state index contributed by atoms with van der Waals surface area (Å²) in [4.78, 5) is 14.1. The molecule has 0 bridgehead atoms. The molecular formula is C11H19ClN2O. The van der Waals surface area contributed by atoms with Crippen LogP contribution in [0.2, 0.25) is 0 Å². The van der Waals surface area contributed by atoms with Crippen molar-refractivity contribution in [2.75, 3.05) is 19.0 Å². The number of hydrogen-bond acceptors (Lipinski definition) is 2. The van der Waals surface area contributed by atoms with Crippen LogP contribution in [0.15, 0.2) is 0 Å². The molecule has 0 spiro atoms. The number of carbonyl (C=O) groups excluding carboxylic acids is 1. The summed E-state index contributed by atoms with van der Waals surface area (Å²) in [6.45, 7) is 4.05. The first kappa shape index (κ1) is 11.2. The topological polar surface area (TPSA) is 32.3 Å². The van der Waals surface area contributed by atoms with E-state index < -0.39 is 0 Å². The molecule has 1 aliphatic carbocycles. The lowest BCUT2D eigenvalue weighted by molar-refractivity contribution is -0.124. The lowest BCUT2D eigenvalue weighted by Gasteiger charge is -2.17. The van der Waals surface area contributed by atoms with Crippen molar-refractivity contribution in [1.82, 2.24) is 10.2 Å². The summed E-state index contributed by atoms with van der Waals surface area (Å²) in [6, 6.07) is 1.17. The van der Waals surface area contributed by atoms with Crippen molar-refractivity contribution in [2.24, 2.45) is 5.92 Å². The van der Waals surface area contributed by atoms with E-state index in [4.69, 9.17) is 11.6 Å². The van der Waals surface area contributed by atoms with Gasteiger partial charge in [-0.25, -0.2) is 0 Å². The van der Waals surface area contributed by atoms with E-state index in [0.29, 0.717) is 11.9 Å². The first-order chi connectivity index (χ1) is 7.20. The summed E-state index contributed by atoms with van der Waals surface area (Å²) in [7, 11) is 0. The third-order valence-corrected chi connectivity index (χ3v) is 3.77. The van der Waals surface area contributed by atoms with Gasteiger partial charge in [-0.2, -0.15) is 0 Å². The van der Waals surface area contributed by atoms with Gasteiger partial charge in [0.05, 0.1) is 0 Å². The predicted octanol–water partition coefficient (Wildman–Crippen LogP) is 1.21. The van der Waals surface area contributed by atoms with E-state index in [1.54, 1.807) is 0 Å². The van der Waals surface area contributed by atoms with Gasteiger partial charge in [0.25, 0.3) is 0 Å². The van der Waals surface area contributed by atoms with Crippen LogP contribution in [-0.4, -0.2) is 41.9 Å². The fraction of sp³-hybridized carbons (Fsp3) is 0.909. The number of nitrogens with one attached hydrogen (secondary N) is 1. The monoisotopic (exact) mass is 230 g/mol. The number of nitrogens with zero attached hydrogens (tertiary/aromatic N) is 1. The molecule has 2 unspecified atom stereocenters. The van der Waals surface area contributed by atoms with Crippen molar-refractivity contribution >= 4 is 17.5 Å². The quantitative estimate of drug-likeness (QED) is 0.737. The van der Waals surface area contributed by atoms with Gasteiger partial charge in [-0.3, -0.25) is 9.69 Å². The highest BCUT2D eigenvalue weighted by molar-refractivity contribution is 6.19. The number of carbonyl (C=O) groups is 1. The van der Waals surface area contributed by atoms with Crippen molar-refractivity contribution in [2.45, 2.75) is 38.3 Å². The molecule has 0 aromatic rings. The summed E-state index contributed by atoms with van der Waals surface area (Å²) in [5, 5.41) is 3.08. The molecule has 2 rings (SSSR count). The number of hydrogen-bond donors (Lipinski definition) is 1. The molecule has 1 aliphatic heterocycles. The Balaban J connectivity index is 1.73. The van der Waals surface area contributed by atoms with Gasteiger partial charge in [-0.1, -0.05) is 6.92 Å². The van der Waals surface area contributed by atoms with Crippen LogP contribution in [0.4, 0.5) is 0 Å². The van der Waals surface area contributed by atoms with E-state index >= 15 is 0 Å². The first-order valence-electron chi connectivity index (χ1n) is 5.81. The van der Waals surface area contributed by atoms with Gasteiger partial charge in [0.2, 0.25) is 5.91 Å². The zero-order valence-corrected chi connectivity index (χ0v) is 9.96. The Morgan fingerprint density at radius 1 is 1.53 bits per heavy atom. The minimum absolute atomic E-state index is 0.0679. The van der Waals surface area contributed by atoms with Crippen molar-refractivity contribution in [1.29, 1.82) is 0 Å². The Morgan fingerprint density at radius 2 is 2.27 bits per heavy atom. The van der Waals surface area contributed by atoms with Gasteiger partial charge in [-0.05, 0) is 19.3 Å². The van der Waals surface area contributed by atoms with Crippen molar-refractivity contribution in [3.8, 4) is 0 Å². The molecule has 2 atom stereocenters. The van der Waals surface area contributed by atoms with Gasteiger partial charge in [0.15, 0.2) is 0 Å². The second-order valence-corrected chi connectivity index (χ2v) is 5.08.